The molecule has 0 aliphatic carbocycles. The van der Waals surface area contributed by atoms with Gasteiger partial charge in [-0.2, -0.15) is 0 Å². The minimum absolute atomic E-state index is 0.445. The lowest BCUT2D eigenvalue weighted by atomic mass is 10.2. The Balaban J connectivity index is 2.36. The van der Waals surface area contributed by atoms with E-state index in [2.05, 4.69) is 19.2 Å². The zero-order valence-electron chi connectivity index (χ0n) is 7.30. The van der Waals surface area contributed by atoms with Gasteiger partial charge in [-0.15, -0.1) is 0 Å². The average molecular weight is 175 g/mol. The normalized spacial score (nSPS) is 38.9. The molecule has 1 saturated heterocycles. The monoisotopic (exact) mass is 175 g/mol. The first-order valence-electron chi connectivity index (χ1n) is 4.33. The van der Waals surface area contributed by atoms with Crippen molar-refractivity contribution in [2.75, 3.05) is 11.5 Å². The third kappa shape index (κ3) is 2.91. The van der Waals surface area contributed by atoms with Gasteiger partial charge in [-0.25, -0.2) is 0 Å². The fraction of sp³-hybridized carbons (Fsp3) is 1.00. The van der Waals surface area contributed by atoms with Crippen LogP contribution in [0.5, 0.6) is 0 Å². The molecule has 1 fully saturated rings. The van der Waals surface area contributed by atoms with Crippen molar-refractivity contribution >= 4 is 10.8 Å². The Hall–Kier alpha value is 0.110. The highest BCUT2D eigenvalue weighted by atomic mass is 32.2. The van der Waals surface area contributed by atoms with Gasteiger partial charge >= 0.3 is 0 Å². The van der Waals surface area contributed by atoms with Crippen LogP contribution < -0.4 is 5.32 Å². The van der Waals surface area contributed by atoms with Crippen molar-refractivity contribution in [2.45, 2.75) is 38.8 Å². The first kappa shape index (κ1) is 9.20. The van der Waals surface area contributed by atoms with E-state index in [1.807, 2.05) is 0 Å². The molecule has 0 bridgehead atoms. The van der Waals surface area contributed by atoms with Gasteiger partial charge in [0.2, 0.25) is 0 Å². The third-order valence-electron chi connectivity index (χ3n) is 1.98. The van der Waals surface area contributed by atoms with Crippen molar-refractivity contribution in [3.63, 3.8) is 0 Å². The van der Waals surface area contributed by atoms with Crippen molar-refractivity contribution in [2.24, 2.45) is 0 Å². The Morgan fingerprint density at radius 2 is 2.27 bits per heavy atom. The molecule has 3 heteroatoms. The maximum Gasteiger partial charge on any atom is 0.0389 e. The zero-order valence-corrected chi connectivity index (χ0v) is 8.12. The highest BCUT2D eigenvalue weighted by Crippen LogP contribution is 2.07. The molecule has 0 saturated carbocycles. The van der Waals surface area contributed by atoms with Gasteiger partial charge in [0.15, 0.2) is 0 Å². The van der Waals surface area contributed by atoms with E-state index >= 15 is 0 Å². The summed E-state index contributed by atoms with van der Waals surface area (Å²) in [6.07, 6.45) is 2.34. The van der Waals surface area contributed by atoms with Gasteiger partial charge in [-0.1, -0.05) is 13.3 Å². The molecule has 0 aromatic rings. The first-order chi connectivity index (χ1) is 5.22. The van der Waals surface area contributed by atoms with Crippen LogP contribution in [-0.4, -0.2) is 27.8 Å². The van der Waals surface area contributed by atoms with Crippen LogP contribution in [0.1, 0.15) is 26.7 Å². The Morgan fingerprint density at radius 3 is 2.82 bits per heavy atom. The van der Waals surface area contributed by atoms with Gasteiger partial charge in [-0.3, -0.25) is 4.21 Å². The highest BCUT2D eigenvalue weighted by Gasteiger charge is 2.21. The molecule has 11 heavy (non-hydrogen) atoms. The van der Waals surface area contributed by atoms with E-state index in [0.717, 1.165) is 17.9 Å². The van der Waals surface area contributed by atoms with Crippen LogP contribution >= 0.6 is 0 Å². The van der Waals surface area contributed by atoms with E-state index in [4.69, 9.17) is 0 Å². The second-order valence-corrected chi connectivity index (χ2v) is 4.87. The summed E-state index contributed by atoms with van der Waals surface area (Å²) >= 11 is 0. The number of rotatable bonds is 2. The first-order valence-corrected chi connectivity index (χ1v) is 5.82. The van der Waals surface area contributed by atoms with E-state index in [-0.39, 0.29) is 0 Å². The molecular formula is C8H17NOS. The Morgan fingerprint density at radius 1 is 1.55 bits per heavy atom. The molecule has 0 aromatic heterocycles. The maximum absolute atomic E-state index is 11.2. The van der Waals surface area contributed by atoms with E-state index in [1.54, 1.807) is 0 Å². The van der Waals surface area contributed by atoms with Gasteiger partial charge in [0.25, 0.3) is 0 Å². The Bertz CT molecular complexity index is 149. The molecule has 3 unspecified atom stereocenters. The smallest absolute Gasteiger partial charge is 0.0389 e. The second-order valence-electron chi connectivity index (χ2n) is 3.33. The van der Waals surface area contributed by atoms with Crippen LogP contribution in [0.4, 0.5) is 0 Å². The molecule has 1 rings (SSSR count). The summed E-state index contributed by atoms with van der Waals surface area (Å²) in [7, 11) is -0.564. The van der Waals surface area contributed by atoms with Crippen molar-refractivity contribution in [3.05, 3.63) is 0 Å². The largest absolute Gasteiger partial charge is 0.310 e. The molecule has 1 heterocycles. The quantitative estimate of drug-likeness (QED) is 0.675. The minimum atomic E-state index is -0.564. The number of hydrogen-bond acceptors (Lipinski definition) is 2. The van der Waals surface area contributed by atoms with Gasteiger partial charge in [0.05, 0.1) is 0 Å². The lowest BCUT2D eigenvalue weighted by Gasteiger charge is -2.27. The summed E-state index contributed by atoms with van der Waals surface area (Å²) in [5.74, 6) is 1.69. The van der Waals surface area contributed by atoms with Crippen LogP contribution in [0.2, 0.25) is 0 Å². The van der Waals surface area contributed by atoms with Gasteiger partial charge in [-0.05, 0) is 13.3 Å². The Labute approximate surface area is 71.2 Å². The standard InChI is InChI=1S/C8H17NOS/c1-3-4-8-6-11(10)5-7(2)9-8/h7-9H,3-6H2,1-2H3. The second kappa shape index (κ2) is 4.21. The highest BCUT2D eigenvalue weighted by molar-refractivity contribution is 7.85. The lowest BCUT2D eigenvalue weighted by Crippen LogP contribution is -2.48. The average Bonchev–Trinajstić information content (AvgIpc) is 1.85. The van der Waals surface area contributed by atoms with Crippen molar-refractivity contribution in [1.82, 2.24) is 5.32 Å². The summed E-state index contributed by atoms with van der Waals surface area (Å²) in [6, 6.07) is 0.950. The summed E-state index contributed by atoms with van der Waals surface area (Å²) in [4.78, 5) is 0. The predicted molar refractivity (Wildman–Crippen MR) is 49.2 cm³/mol. The van der Waals surface area contributed by atoms with E-state index in [9.17, 15) is 4.21 Å². The van der Waals surface area contributed by atoms with Crippen LogP contribution in [-0.2, 0) is 10.8 Å². The van der Waals surface area contributed by atoms with E-state index < -0.39 is 10.8 Å². The molecule has 1 aliphatic heterocycles. The fourth-order valence-electron chi connectivity index (χ4n) is 1.58. The number of nitrogens with one attached hydrogen (secondary N) is 1. The molecule has 0 amide bonds. The van der Waals surface area contributed by atoms with E-state index in [1.165, 1.54) is 6.42 Å². The molecule has 3 atom stereocenters. The molecule has 1 N–H and O–H groups in total. The molecule has 66 valence electrons. The van der Waals surface area contributed by atoms with Crippen molar-refractivity contribution < 1.29 is 4.21 Å². The molecule has 0 aromatic carbocycles. The van der Waals surface area contributed by atoms with Crippen LogP contribution in [0.25, 0.3) is 0 Å². The van der Waals surface area contributed by atoms with Crippen molar-refractivity contribution in [3.8, 4) is 0 Å². The van der Waals surface area contributed by atoms with Gasteiger partial charge in [0, 0.05) is 34.4 Å². The SMILES string of the molecule is CCCC1CS(=O)CC(C)N1. The van der Waals surface area contributed by atoms with E-state index in [0.29, 0.717) is 12.1 Å². The van der Waals surface area contributed by atoms with Crippen LogP contribution in [0, 0.1) is 0 Å². The zero-order chi connectivity index (χ0) is 8.27. The third-order valence-corrected chi connectivity index (χ3v) is 3.63. The summed E-state index contributed by atoms with van der Waals surface area (Å²) in [5, 5.41) is 3.45. The molecule has 0 spiro atoms. The van der Waals surface area contributed by atoms with Crippen LogP contribution in [0.3, 0.4) is 0 Å². The molecule has 1 aliphatic rings. The fourth-order valence-corrected chi connectivity index (χ4v) is 3.09. The van der Waals surface area contributed by atoms with Gasteiger partial charge < -0.3 is 5.32 Å². The summed E-state index contributed by atoms with van der Waals surface area (Å²) < 4.78 is 11.2. The van der Waals surface area contributed by atoms with Crippen molar-refractivity contribution in [1.29, 1.82) is 0 Å². The Kier molecular flexibility index (Phi) is 3.52. The topological polar surface area (TPSA) is 29.1 Å². The maximum atomic E-state index is 11.2. The summed E-state index contributed by atoms with van der Waals surface area (Å²) in [6.45, 7) is 4.28. The van der Waals surface area contributed by atoms with Gasteiger partial charge in [0.1, 0.15) is 0 Å². The minimum Gasteiger partial charge on any atom is -0.310 e. The summed E-state index contributed by atoms with van der Waals surface area (Å²) in [5.41, 5.74) is 0. The number of hydrogen-bond donors (Lipinski definition) is 1. The molecule has 0 radical (unpaired) electrons. The lowest BCUT2D eigenvalue weighted by molar-refractivity contribution is 0.450. The molecule has 2 nitrogen and oxygen atoms in total. The van der Waals surface area contributed by atoms with Crippen LogP contribution in [0.15, 0.2) is 0 Å². The predicted octanol–water partition coefficient (Wildman–Crippen LogP) is 0.896. The molecular weight excluding hydrogens is 158 g/mol.